The molecule has 0 fully saturated rings. The number of nitrogens with zero attached hydrogens (tertiary/aromatic N) is 2. The molecule has 0 bridgehead atoms. The van der Waals surface area contributed by atoms with Crippen LogP contribution >= 0.6 is 0 Å². The second-order valence-corrected chi connectivity index (χ2v) is 5.62. The number of nitrogens with one attached hydrogen (secondary N) is 1. The summed E-state index contributed by atoms with van der Waals surface area (Å²) in [7, 11) is 3.92. The highest BCUT2D eigenvalue weighted by Crippen LogP contribution is 2.18. The molecule has 3 amide bonds. The molecule has 1 aromatic carbocycles. The third kappa shape index (κ3) is 4.32. The number of hydrogen-bond donors (Lipinski definition) is 1. The lowest BCUT2D eigenvalue weighted by molar-refractivity contribution is 0.0796. The minimum Gasteiger partial charge on any atom is -0.464 e. The fourth-order valence-electron chi connectivity index (χ4n) is 2.33. The Hall–Kier alpha value is -2.34. The molecule has 0 aliphatic heterocycles. The molecule has 0 saturated carbocycles. The van der Waals surface area contributed by atoms with Crippen molar-refractivity contribution in [3.8, 4) is 0 Å². The highest BCUT2D eigenvalue weighted by atomic mass is 16.3. The summed E-state index contributed by atoms with van der Waals surface area (Å²) in [6.45, 7) is 3.49. The second kappa shape index (κ2) is 7.78. The van der Waals surface area contributed by atoms with Gasteiger partial charge in [-0.3, -0.25) is 9.69 Å². The van der Waals surface area contributed by atoms with Crippen molar-refractivity contribution in [2.75, 3.05) is 33.7 Å². The van der Waals surface area contributed by atoms with Gasteiger partial charge in [0.15, 0.2) is 0 Å². The highest BCUT2D eigenvalue weighted by molar-refractivity contribution is 6.05. The van der Waals surface area contributed by atoms with Crippen molar-refractivity contribution in [3.05, 3.63) is 36.1 Å². The first-order chi connectivity index (χ1) is 11.0. The molecule has 6 heteroatoms. The SMILES string of the molecule is CCNC(=O)N(CCCN(C)C)C(=O)c1ccc2ccoc2c1. The fraction of sp³-hybridized carbons (Fsp3) is 0.412. The van der Waals surface area contributed by atoms with E-state index in [2.05, 4.69) is 5.32 Å². The van der Waals surface area contributed by atoms with Crippen molar-refractivity contribution in [1.82, 2.24) is 15.1 Å². The predicted octanol–water partition coefficient (Wildman–Crippen LogP) is 2.56. The van der Waals surface area contributed by atoms with E-state index in [1.165, 1.54) is 4.90 Å². The Morgan fingerprint density at radius 1 is 1.17 bits per heavy atom. The normalized spacial score (nSPS) is 11.0. The summed E-state index contributed by atoms with van der Waals surface area (Å²) in [4.78, 5) is 28.2. The molecular formula is C17H23N3O3. The van der Waals surface area contributed by atoms with Crippen LogP contribution in [0.3, 0.4) is 0 Å². The fourth-order valence-corrected chi connectivity index (χ4v) is 2.33. The van der Waals surface area contributed by atoms with Gasteiger partial charge in [0, 0.05) is 24.0 Å². The summed E-state index contributed by atoms with van der Waals surface area (Å²) < 4.78 is 5.33. The van der Waals surface area contributed by atoms with Crippen LogP contribution in [0.5, 0.6) is 0 Å². The Kier molecular flexibility index (Phi) is 5.76. The van der Waals surface area contributed by atoms with E-state index in [1.54, 1.807) is 18.4 Å². The first-order valence-corrected chi connectivity index (χ1v) is 7.74. The number of rotatable bonds is 6. The van der Waals surface area contributed by atoms with Crippen LogP contribution in [0.15, 0.2) is 34.9 Å². The average molecular weight is 317 g/mol. The molecule has 0 unspecified atom stereocenters. The number of fused-ring (bicyclic) bond motifs is 1. The molecule has 2 rings (SSSR count). The van der Waals surface area contributed by atoms with E-state index in [0.29, 0.717) is 24.2 Å². The molecule has 23 heavy (non-hydrogen) atoms. The maximum Gasteiger partial charge on any atom is 0.324 e. The molecule has 0 atom stereocenters. The molecular weight excluding hydrogens is 294 g/mol. The van der Waals surface area contributed by atoms with Gasteiger partial charge in [0.2, 0.25) is 0 Å². The molecule has 0 aliphatic carbocycles. The number of imide groups is 1. The largest absolute Gasteiger partial charge is 0.464 e. The van der Waals surface area contributed by atoms with Crippen LogP contribution in [0.25, 0.3) is 11.0 Å². The van der Waals surface area contributed by atoms with Crippen LogP contribution in [0.2, 0.25) is 0 Å². The molecule has 6 nitrogen and oxygen atoms in total. The van der Waals surface area contributed by atoms with E-state index >= 15 is 0 Å². The standard InChI is InChI=1S/C17H23N3O3/c1-4-18-17(22)20(10-5-9-19(2)3)16(21)14-7-6-13-8-11-23-15(13)12-14/h6-8,11-12H,4-5,9-10H2,1-3H3,(H,18,22). The Bertz CT molecular complexity index is 679. The zero-order valence-electron chi connectivity index (χ0n) is 13.8. The third-order valence-electron chi connectivity index (χ3n) is 3.51. The summed E-state index contributed by atoms with van der Waals surface area (Å²) in [6, 6.07) is 6.69. The van der Waals surface area contributed by atoms with Gasteiger partial charge in [-0.15, -0.1) is 0 Å². The van der Waals surface area contributed by atoms with Crippen molar-refractivity contribution < 1.29 is 14.0 Å². The van der Waals surface area contributed by atoms with Crippen molar-refractivity contribution in [1.29, 1.82) is 0 Å². The molecule has 1 heterocycles. The third-order valence-corrected chi connectivity index (χ3v) is 3.51. The lowest BCUT2D eigenvalue weighted by atomic mass is 10.1. The van der Waals surface area contributed by atoms with E-state index < -0.39 is 0 Å². The van der Waals surface area contributed by atoms with Gasteiger partial charge >= 0.3 is 6.03 Å². The second-order valence-electron chi connectivity index (χ2n) is 5.62. The number of furan rings is 1. The molecule has 0 aliphatic rings. The van der Waals surface area contributed by atoms with Crippen LogP contribution in [0.1, 0.15) is 23.7 Å². The lowest BCUT2D eigenvalue weighted by Gasteiger charge is -2.22. The minimum absolute atomic E-state index is 0.312. The van der Waals surface area contributed by atoms with Crippen LogP contribution in [-0.2, 0) is 0 Å². The Labute approximate surface area is 136 Å². The highest BCUT2D eigenvalue weighted by Gasteiger charge is 2.22. The summed E-state index contributed by atoms with van der Waals surface area (Å²) in [6.07, 6.45) is 2.30. The van der Waals surface area contributed by atoms with E-state index in [0.717, 1.165) is 18.4 Å². The zero-order chi connectivity index (χ0) is 16.8. The zero-order valence-corrected chi connectivity index (χ0v) is 13.8. The van der Waals surface area contributed by atoms with E-state index in [4.69, 9.17) is 4.42 Å². The summed E-state index contributed by atoms with van der Waals surface area (Å²) >= 11 is 0. The first-order valence-electron chi connectivity index (χ1n) is 7.74. The van der Waals surface area contributed by atoms with Crippen LogP contribution in [0, 0.1) is 0 Å². The van der Waals surface area contributed by atoms with Crippen LogP contribution in [-0.4, -0.2) is 55.5 Å². The van der Waals surface area contributed by atoms with E-state index in [-0.39, 0.29) is 11.9 Å². The van der Waals surface area contributed by atoms with Crippen LogP contribution in [0.4, 0.5) is 4.79 Å². The molecule has 0 saturated heterocycles. The molecule has 1 aromatic heterocycles. The number of amides is 3. The number of carbonyl (C=O) groups excluding carboxylic acids is 2. The van der Waals surface area contributed by atoms with Gasteiger partial charge in [0.1, 0.15) is 5.58 Å². The topological polar surface area (TPSA) is 65.8 Å². The van der Waals surface area contributed by atoms with E-state index in [1.807, 2.05) is 38.1 Å². The monoisotopic (exact) mass is 317 g/mol. The summed E-state index contributed by atoms with van der Waals surface area (Å²) in [5, 5.41) is 3.63. The Balaban J connectivity index is 2.18. The molecule has 0 spiro atoms. The molecule has 1 N–H and O–H groups in total. The maximum absolute atomic E-state index is 12.7. The average Bonchev–Trinajstić information content (AvgIpc) is 2.98. The molecule has 0 radical (unpaired) electrons. The Morgan fingerprint density at radius 2 is 1.96 bits per heavy atom. The van der Waals surface area contributed by atoms with Crippen molar-refractivity contribution in [2.24, 2.45) is 0 Å². The number of urea groups is 1. The van der Waals surface area contributed by atoms with Gasteiger partial charge in [0.25, 0.3) is 5.91 Å². The van der Waals surface area contributed by atoms with Gasteiger partial charge in [-0.1, -0.05) is 6.07 Å². The Morgan fingerprint density at radius 3 is 2.65 bits per heavy atom. The predicted molar refractivity (Wildman–Crippen MR) is 89.5 cm³/mol. The summed E-state index contributed by atoms with van der Waals surface area (Å²) in [5.74, 6) is -0.312. The van der Waals surface area contributed by atoms with E-state index in [9.17, 15) is 9.59 Å². The smallest absolute Gasteiger partial charge is 0.324 e. The quantitative estimate of drug-likeness (QED) is 0.889. The van der Waals surface area contributed by atoms with Crippen molar-refractivity contribution in [3.63, 3.8) is 0 Å². The first kappa shape index (κ1) is 17.0. The lowest BCUT2D eigenvalue weighted by Crippen LogP contribution is -2.44. The summed E-state index contributed by atoms with van der Waals surface area (Å²) in [5.41, 5.74) is 1.09. The van der Waals surface area contributed by atoms with Gasteiger partial charge in [-0.2, -0.15) is 0 Å². The van der Waals surface area contributed by atoms with Gasteiger partial charge in [0.05, 0.1) is 6.26 Å². The molecule has 124 valence electrons. The van der Waals surface area contributed by atoms with Crippen LogP contribution < -0.4 is 5.32 Å². The van der Waals surface area contributed by atoms with Gasteiger partial charge < -0.3 is 14.6 Å². The number of carbonyl (C=O) groups is 2. The minimum atomic E-state index is -0.365. The molecule has 2 aromatic rings. The maximum atomic E-state index is 12.7. The number of benzene rings is 1. The van der Waals surface area contributed by atoms with Crippen molar-refractivity contribution in [2.45, 2.75) is 13.3 Å². The van der Waals surface area contributed by atoms with Crippen molar-refractivity contribution >= 4 is 22.9 Å². The number of hydrogen-bond acceptors (Lipinski definition) is 4. The van der Waals surface area contributed by atoms with Gasteiger partial charge in [-0.25, -0.2) is 4.79 Å². The van der Waals surface area contributed by atoms with Gasteiger partial charge in [-0.05, 0) is 52.2 Å².